The van der Waals surface area contributed by atoms with E-state index in [1.54, 1.807) is 0 Å². The minimum Gasteiger partial charge on any atom is -0.392 e. The predicted octanol–water partition coefficient (Wildman–Crippen LogP) is -0.331. The molecule has 0 aromatic rings. The number of carbonyl (C=O) groups excluding carboxylic acids is 1. The van der Waals surface area contributed by atoms with Gasteiger partial charge in [-0.05, 0) is 26.7 Å². The first-order valence-electron chi connectivity index (χ1n) is 8.10. The summed E-state index contributed by atoms with van der Waals surface area (Å²) < 4.78 is 5.52. The SMILES string of the molecule is C[C@H](O)CN1CCN([C@@H](C)C(=O)NC[C@H]2CCCO2)CC1. The van der Waals surface area contributed by atoms with E-state index in [9.17, 15) is 9.90 Å². The van der Waals surface area contributed by atoms with Crippen LogP contribution < -0.4 is 5.32 Å². The van der Waals surface area contributed by atoms with Crippen LogP contribution in [-0.4, -0.2) is 84.9 Å². The number of hydrogen-bond donors (Lipinski definition) is 2. The Kier molecular flexibility index (Phi) is 6.41. The van der Waals surface area contributed by atoms with Crippen LogP contribution in [0, 0.1) is 0 Å². The number of β-amino-alcohol motifs (C(OH)–C–C–N with tert-alkyl or cyclic N) is 1. The first-order valence-corrected chi connectivity index (χ1v) is 8.10. The zero-order valence-corrected chi connectivity index (χ0v) is 13.3. The molecule has 2 fully saturated rings. The van der Waals surface area contributed by atoms with Crippen molar-refractivity contribution < 1.29 is 14.6 Å². The second-order valence-corrected chi connectivity index (χ2v) is 6.24. The smallest absolute Gasteiger partial charge is 0.237 e. The van der Waals surface area contributed by atoms with E-state index in [-0.39, 0.29) is 24.2 Å². The largest absolute Gasteiger partial charge is 0.392 e. The molecule has 2 rings (SSSR count). The minimum absolute atomic E-state index is 0.0921. The summed E-state index contributed by atoms with van der Waals surface area (Å²) in [5.41, 5.74) is 0. The molecule has 122 valence electrons. The van der Waals surface area contributed by atoms with Crippen LogP contribution in [0.5, 0.6) is 0 Å². The molecule has 2 N–H and O–H groups in total. The predicted molar refractivity (Wildman–Crippen MR) is 81.1 cm³/mol. The Labute approximate surface area is 127 Å². The summed E-state index contributed by atoms with van der Waals surface area (Å²) in [7, 11) is 0. The second-order valence-electron chi connectivity index (χ2n) is 6.24. The van der Waals surface area contributed by atoms with Gasteiger partial charge in [-0.25, -0.2) is 0 Å². The lowest BCUT2D eigenvalue weighted by molar-refractivity contribution is -0.127. The number of aliphatic hydroxyl groups excluding tert-OH is 1. The average Bonchev–Trinajstić information content (AvgIpc) is 2.97. The molecule has 2 aliphatic heterocycles. The van der Waals surface area contributed by atoms with Gasteiger partial charge in [0.25, 0.3) is 0 Å². The molecule has 2 heterocycles. The van der Waals surface area contributed by atoms with Gasteiger partial charge in [-0.2, -0.15) is 0 Å². The molecule has 0 aromatic heterocycles. The first kappa shape index (κ1) is 16.7. The van der Waals surface area contributed by atoms with Gasteiger partial charge in [0.05, 0.1) is 18.2 Å². The van der Waals surface area contributed by atoms with Crippen LogP contribution in [0.15, 0.2) is 0 Å². The molecule has 6 nitrogen and oxygen atoms in total. The molecule has 3 atom stereocenters. The molecule has 0 aromatic carbocycles. The van der Waals surface area contributed by atoms with Gasteiger partial charge in [-0.1, -0.05) is 0 Å². The molecule has 0 aliphatic carbocycles. The fourth-order valence-electron chi connectivity index (χ4n) is 3.04. The Hall–Kier alpha value is -0.690. The van der Waals surface area contributed by atoms with Gasteiger partial charge in [0.15, 0.2) is 0 Å². The fraction of sp³-hybridized carbons (Fsp3) is 0.933. The summed E-state index contributed by atoms with van der Waals surface area (Å²) in [5.74, 6) is 0.0921. The van der Waals surface area contributed by atoms with E-state index in [1.165, 1.54) is 0 Å². The highest BCUT2D eigenvalue weighted by Gasteiger charge is 2.26. The standard InChI is InChI=1S/C15H29N3O3/c1-12(19)11-17-5-7-18(8-6-17)13(2)15(20)16-10-14-4-3-9-21-14/h12-14,19H,3-11H2,1-2H3,(H,16,20)/t12-,13-,14+/m0/s1. The third-order valence-corrected chi connectivity index (χ3v) is 4.38. The number of rotatable bonds is 6. The molecule has 6 heteroatoms. The highest BCUT2D eigenvalue weighted by molar-refractivity contribution is 5.81. The van der Waals surface area contributed by atoms with Gasteiger partial charge in [-0.3, -0.25) is 14.6 Å². The maximum absolute atomic E-state index is 12.2. The average molecular weight is 299 g/mol. The van der Waals surface area contributed by atoms with Crippen molar-refractivity contribution in [2.45, 2.75) is 44.9 Å². The first-order chi connectivity index (χ1) is 10.1. The quantitative estimate of drug-likeness (QED) is 0.703. The van der Waals surface area contributed by atoms with Crippen LogP contribution >= 0.6 is 0 Å². The Morgan fingerprint density at radius 1 is 1.33 bits per heavy atom. The van der Waals surface area contributed by atoms with E-state index in [1.807, 2.05) is 13.8 Å². The van der Waals surface area contributed by atoms with Crippen LogP contribution in [0.25, 0.3) is 0 Å². The number of aliphatic hydroxyl groups is 1. The maximum Gasteiger partial charge on any atom is 0.237 e. The van der Waals surface area contributed by atoms with Gasteiger partial charge >= 0.3 is 0 Å². The second kappa shape index (κ2) is 8.08. The van der Waals surface area contributed by atoms with E-state index < -0.39 is 0 Å². The lowest BCUT2D eigenvalue weighted by Gasteiger charge is -2.37. The van der Waals surface area contributed by atoms with E-state index in [0.29, 0.717) is 13.1 Å². The van der Waals surface area contributed by atoms with Crippen LogP contribution in [-0.2, 0) is 9.53 Å². The number of piperazine rings is 1. The van der Waals surface area contributed by atoms with E-state index in [2.05, 4.69) is 15.1 Å². The van der Waals surface area contributed by atoms with Gasteiger partial charge in [-0.15, -0.1) is 0 Å². The van der Waals surface area contributed by atoms with Gasteiger partial charge in [0.1, 0.15) is 0 Å². The summed E-state index contributed by atoms with van der Waals surface area (Å²) >= 11 is 0. The lowest BCUT2D eigenvalue weighted by Crippen LogP contribution is -2.55. The third-order valence-electron chi connectivity index (χ3n) is 4.38. The molecule has 2 saturated heterocycles. The van der Waals surface area contributed by atoms with Crippen molar-refractivity contribution in [2.75, 3.05) is 45.9 Å². The number of amides is 1. The molecule has 21 heavy (non-hydrogen) atoms. The van der Waals surface area contributed by atoms with Crippen molar-refractivity contribution in [3.8, 4) is 0 Å². The van der Waals surface area contributed by atoms with E-state index in [0.717, 1.165) is 45.6 Å². The summed E-state index contributed by atoms with van der Waals surface area (Å²) in [6, 6.07) is -0.0971. The molecule has 0 spiro atoms. The topological polar surface area (TPSA) is 65.0 Å². The molecular weight excluding hydrogens is 270 g/mol. The molecule has 0 bridgehead atoms. The van der Waals surface area contributed by atoms with Crippen molar-refractivity contribution in [2.24, 2.45) is 0 Å². The number of hydrogen-bond acceptors (Lipinski definition) is 5. The Morgan fingerprint density at radius 3 is 2.62 bits per heavy atom. The normalized spacial score (nSPS) is 27.5. The number of carbonyl (C=O) groups is 1. The summed E-state index contributed by atoms with van der Waals surface area (Å²) in [6.07, 6.45) is 2.06. The monoisotopic (exact) mass is 299 g/mol. The van der Waals surface area contributed by atoms with Crippen LogP contribution in [0.1, 0.15) is 26.7 Å². The number of nitrogens with one attached hydrogen (secondary N) is 1. The molecule has 2 aliphatic rings. The molecule has 0 saturated carbocycles. The summed E-state index contributed by atoms with van der Waals surface area (Å²) in [4.78, 5) is 16.7. The van der Waals surface area contributed by atoms with E-state index in [4.69, 9.17) is 4.74 Å². The molecular formula is C15H29N3O3. The minimum atomic E-state index is -0.288. The van der Waals surface area contributed by atoms with Crippen LogP contribution in [0.2, 0.25) is 0 Å². The lowest BCUT2D eigenvalue weighted by atomic mass is 10.2. The van der Waals surface area contributed by atoms with Crippen LogP contribution in [0.3, 0.4) is 0 Å². The number of nitrogens with zero attached hydrogens (tertiary/aromatic N) is 2. The molecule has 0 unspecified atom stereocenters. The Morgan fingerprint density at radius 2 is 2.05 bits per heavy atom. The van der Waals surface area contributed by atoms with E-state index >= 15 is 0 Å². The van der Waals surface area contributed by atoms with Gasteiger partial charge in [0.2, 0.25) is 5.91 Å². The Balaban J connectivity index is 1.68. The highest BCUT2D eigenvalue weighted by atomic mass is 16.5. The fourth-order valence-corrected chi connectivity index (χ4v) is 3.04. The summed E-state index contributed by atoms with van der Waals surface area (Å²) in [6.45, 7) is 9.52. The zero-order chi connectivity index (χ0) is 15.2. The zero-order valence-electron chi connectivity index (χ0n) is 13.3. The Bertz CT molecular complexity index is 324. The molecule has 0 radical (unpaired) electrons. The van der Waals surface area contributed by atoms with Crippen molar-refractivity contribution >= 4 is 5.91 Å². The van der Waals surface area contributed by atoms with Crippen molar-refractivity contribution in [1.82, 2.24) is 15.1 Å². The van der Waals surface area contributed by atoms with Crippen LogP contribution in [0.4, 0.5) is 0 Å². The van der Waals surface area contributed by atoms with Gasteiger partial charge in [0, 0.05) is 45.9 Å². The summed E-state index contributed by atoms with van der Waals surface area (Å²) in [5, 5.41) is 12.4. The third kappa shape index (κ3) is 5.21. The highest BCUT2D eigenvalue weighted by Crippen LogP contribution is 2.11. The van der Waals surface area contributed by atoms with Gasteiger partial charge < -0.3 is 15.2 Å². The van der Waals surface area contributed by atoms with Crippen molar-refractivity contribution in [3.05, 3.63) is 0 Å². The molecule has 1 amide bonds. The maximum atomic E-state index is 12.2. The van der Waals surface area contributed by atoms with Crippen molar-refractivity contribution in [1.29, 1.82) is 0 Å². The van der Waals surface area contributed by atoms with Crippen molar-refractivity contribution in [3.63, 3.8) is 0 Å². The number of ether oxygens (including phenoxy) is 1.